The van der Waals surface area contributed by atoms with E-state index in [4.69, 9.17) is 0 Å². The molecule has 2 aliphatic rings. The molecule has 2 heterocycles. The van der Waals surface area contributed by atoms with Gasteiger partial charge < -0.3 is 0 Å². The maximum atomic E-state index is 11.5. The van der Waals surface area contributed by atoms with Gasteiger partial charge in [-0.15, -0.1) is 21.5 Å². The summed E-state index contributed by atoms with van der Waals surface area (Å²) in [6, 6.07) is 4.47. The van der Waals surface area contributed by atoms with Crippen molar-refractivity contribution in [2.75, 3.05) is 17.8 Å². The summed E-state index contributed by atoms with van der Waals surface area (Å²) >= 11 is 3.19. The average Bonchev–Trinajstić information content (AvgIpc) is 3.35. The molecule has 0 amide bonds. The molecular weight excluding hydrogens is 386 g/mol. The van der Waals surface area contributed by atoms with Crippen molar-refractivity contribution in [2.45, 2.75) is 43.8 Å². The molecule has 0 radical (unpaired) electrons. The van der Waals surface area contributed by atoms with E-state index in [1.165, 1.54) is 43.7 Å². The number of sulfone groups is 1. The average molecular weight is 412 g/mol. The quantitative estimate of drug-likeness (QED) is 0.641. The first-order chi connectivity index (χ1) is 12.4. The summed E-state index contributed by atoms with van der Waals surface area (Å²) < 4.78 is 25.2. The largest absolute Gasteiger partial charge is 0.298 e. The minimum Gasteiger partial charge on any atom is -0.298 e. The van der Waals surface area contributed by atoms with Crippen LogP contribution in [0.3, 0.4) is 0 Å². The molecular formula is C18H25N3O2S3. The molecule has 0 aliphatic heterocycles. The van der Waals surface area contributed by atoms with Crippen LogP contribution in [0.25, 0.3) is 10.7 Å². The van der Waals surface area contributed by atoms with E-state index in [2.05, 4.69) is 33.1 Å². The zero-order chi connectivity index (χ0) is 18.3. The Hall–Kier alpha value is -0.860. The fourth-order valence-electron chi connectivity index (χ4n) is 4.68. The summed E-state index contributed by atoms with van der Waals surface area (Å²) in [4.78, 5) is 1.13. The number of thiophene rings is 1. The van der Waals surface area contributed by atoms with Gasteiger partial charge in [-0.05, 0) is 55.4 Å². The molecule has 2 aromatic rings. The zero-order valence-corrected chi connectivity index (χ0v) is 17.6. The van der Waals surface area contributed by atoms with Crippen LogP contribution < -0.4 is 0 Å². The van der Waals surface area contributed by atoms with Gasteiger partial charge >= 0.3 is 0 Å². The van der Waals surface area contributed by atoms with Gasteiger partial charge in [0.05, 0.1) is 10.6 Å². The molecule has 2 bridgehead atoms. The SMILES string of the molecule is CC(C1CC2CCC1C2)n1c(SCCS(C)(=O)=O)nnc1-c1cccs1. The lowest BCUT2D eigenvalue weighted by Crippen LogP contribution is -2.23. The van der Waals surface area contributed by atoms with E-state index < -0.39 is 9.84 Å². The molecule has 0 spiro atoms. The first kappa shape index (κ1) is 18.5. The molecule has 0 aromatic carbocycles. The van der Waals surface area contributed by atoms with Gasteiger partial charge in [-0.2, -0.15) is 0 Å². The predicted molar refractivity (Wildman–Crippen MR) is 107 cm³/mol. The van der Waals surface area contributed by atoms with Crippen LogP contribution >= 0.6 is 23.1 Å². The Bertz CT molecular complexity index is 860. The van der Waals surface area contributed by atoms with Gasteiger partial charge in [-0.3, -0.25) is 4.57 Å². The van der Waals surface area contributed by atoms with Crippen LogP contribution in [-0.2, 0) is 9.84 Å². The molecule has 2 aromatic heterocycles. The van der Waals surface area contributed by atoms with Crippen molar-refractivity contribution >= 4 is 32.9 Å². The summed E-state index contributed by atoms with van der Waals surface area (Å²) in [5, 5.41) is 11.8. The molecule has 142 valence electrons. The molecule has 4 atom stereocenters. The predicted octanol–water partition coefficient (Wildman–Crippen LogP) is 4.14. The van der Waals surface area contributed by atoms with Crippen LogP contribution in [0.15, 0.2) is 22.7 Å². The fraction of sp³-hybridized carbons (Fsp3) is 0.667. The van der Waals surface area contributed by atoms with Crippen LogP contribution in [-0.4, -0.2) is 40.9 Å². The van der Waals surface area contributed by atoms with Crippen LogP contribution in [0.1, 0.15) is 38.6 Å². The Morgan fingerprint density at radius 3 is 2.81 bits per heavy atom. The maximum absolute atomic E-state index is 11.5. The van der Waals surface area contributed by atoms with Gasteiger partial charge in [0.1, 0.15) is 9.84 Å². The van der Waals surface area contributed by atoms with Crippen molar-refractivity contribution in [2.24, 2.45) is 17.8 Å². The number of rotatable bonds is 7. The van der Waals surface area contributed by atoms with Crippen molar-refractivity contribution in [3.63, 3.8) is 0 Å². The van der Waals surface area contributed by atoms with Crippen LogP contribution in [0.5, 0.6) is 0 Å². The minimum absolute atomic E-state index is 0.168. The Kier molecular flexibility index (Phi) is 5.18. The first-order valence-electron chi connectivity index (χ1n) is 9.21. The van der Waals surface area contributed by atoms with E-state index in [9.17, 15) is 8.42 Å². The highest BCUT2D eigenvalue weighted by Crippen LogP contribution is 2.53. The molecule has 4 unspecified atom stereocenters. The van der Waals surface area contributed by atoms with Gasteiger partial charge in [-0.25, -0.2) is 8.42 Å². The number of fused-ring (bicyclic) bond motifs is 2. The zero-order valence-electron chi connectivity index (χ0n) is 15.2. The van der Waals surface area contributed by atoms with E-state index in [0.29, 0.717) is 17.7 Å². The molecule has 4 rings (SSSR count). The molecule has 26 heavy (non-hydrogen) atoms. The van der Waals surface area contributed by atoms with Gasteiger partial charge in [0, 0.05) is 18.1 Å². The van der Waals surface area contributed by atoms with Crippen molar-refractivity contribution in [1.29, 1.82) is 0 Å². The third kappa shape index (κ3) is 3.73. The summed E-state index contributed by atoms with van der Waals surface area (Å²) in [5.41, 5.74) is 0. The van der Waals surface area contributed by atoms with E-state index in [-0.39, 0.29) is 5.75 Å². The second kappa shape index (κ2) is 7.28. The van der Waals surface area contributed by atoms with Gasteiger partial charge in [0.25, 0.3) is 0 Å². The molecule has 2 aliphatic carbocycles. The molecule has 2 saturated carbocycles. The lowest BCUT2D eigenvalue weighted by molar-refractivity contribution is 0.235. The summed E-state index contributed by atoms with van der Waals surface area (Å²) in [6.07, 6.45) is 6.72. The fourth-order valence-corrected chi connectivity index (χ4v) is 7.60. The van der Waals surface area contributed by atoms with Crippen molar-refractivity contribution in [1.82, 2.24) is 14.8 Å². The van der Waals surface area contributed by atoms with Crippen molar-refractivity contribution in [3.05, 3.63) is 17.5 Å². The highest BCUT2D eigenvalue weighted by molar-refractivity contribution is 8.00. The summed E-state index contributed by atoms with van der Waals surface area (Å²) in [6.45, 7) is 2.30. The Morgan fingerprint density at radius 1 is 1.35 bits per heavy atom. The normalized spacial score (nSPS) is 26.5. The number of hydrogen-bond donors (Lipinski definition) is 0. The Labute approximate surface area is 163 Å². The highest BCUT2D eigenvalue weighted by atomic mass is 32.2. The van der Waals surface area contributed by atoms with Crippen molar-refractivity contribution < 1.29 is 8.42 Å². The second-order valence-corrected chi connectivity index (χ2v) is 12.0. The lowest BCUT2D eigenvalue weighted by Gasteiger charge is -2.30. The van der Waals surface area contributed by atoms with Crippen LogP contribution in [0, 0.1) is 17.8 Å². The second-order valence-electron chi connectivity index (χ2n) is 7.71. The first-order valence-corrected chi connectivity index (χ1v) is 13.1. The van der Waals surface area contributed by atoms with Gasteiger partial charge in [0.15, 0.2) is 11.0 Å². The smallest absolute Gasteiger partial charge is 0.191 e. The molecule has 0 N–H and O–H groups in total. The topological polar surface area (TPSA) is 64.8 Å². The standard InChI is InChI=1S/C18H25N3O2S3/c1-12(15-11-13-5-6-14(15)10-13)21-17(16-4-3-7-24-16)19-20-18(21)25-8-9-26(2,22)23/h3-4,7,12-15H,5-6,8-11H2,1-2H3. The van der Waals surface area contributed by atoms with E-state index in [1.807, 2.05) is 6.07 Å². The highest BCUT2D eigenvalue weighted by Gasteiger charge is 2.43. The number of thioether (sulfide) groups is 1. The van der Waals surface area contributed by atoms with E-state index in [0.717, 1.165) is 27.7 Å². The minimum atomic E-state index is -2.96. The van der Waals surface area contributed by atoms with Crippen LogP contribution in [0.4, 0.5) is 0 Å². The van der Waals surface area contributed by atoms with Crippen LogP contribution in [0.2, 0.25) is 0 Å². The van der Waals surface area contributed by atoms with Crippen molar-refractivity contribution in [3.8, 4) is 10.7 Å². The van der Waals surface area contributed by atoms with Gasteiger partial charge in [-0.1, -0.05) is 24.2 Å². The molecule has 2 fully saturated rings. The number of hydrogen-bond acceptors (Lipinski definition) is 6. The Morgan fingerprint density at radius 2 is 2.19 bits per heavy atom. The van der Waals surface area contributed by atoms with E-state index in [1.54, 1.807) is 11.3 Å². The third-order valence-corrected chi connectivity index (χ3v) is 8.93. The number of aromatic nitrogens is 3. The number of nitrogens with zero attached hydrogens (tertiary/aromatic N) is 3. The summed E-state index contributed by atoms with van der Waals surface area (Å²) in [5.74, 6) is 4.01. The summed E-state index contributed by atoms with van der Waals surface area (Å²) in [7, 11) is -2.96. The van der Waals surface area contributed by atoms with Gasteiger partial charge in [0.2, 0.25) is 0 Å². The van der Waals surface area contributed by atoms with E-state index >= 15 is 0 Å². The molecule has 5 nitrogen and oxygen atoms in total. The molecule has 0 saturated heterocycles. The molecule has 8 heteroatoms. The Balaban J connectivity index is 1.62. The maximum Gasteiger partial charge on any atom is 0.191 e. The third-order valence-electron chi connectivity index (χ3n) is 5.91. The monoisotopic (exact) mass is 411 g/mol. The lowest BCUT2D eigenvalue weighted by atomic mass is 9.84.